The zero-order valence-electron chi connectivity index (χ0n) is 8.77. The van der Waals surface area contributed by atoms with Gasteiger partial charge in [-0.2, -0.15) is 4.39 Å². The summed E-state index contributed by atoms with van der Waals surface area (Å²) in [5, 5.41) is 9.31. The van der Waals surface area contributed by atoms with E-state index in [1.54, 1.807) is 4.90 Å². The van der Waals surface area contributed by atoms with E-state index in [9.17, 15) is 14.3 Å². The molecule has 1 aromatic heterocycles. The van der Waals surface area contributed by atoms with Gasteiger partial charge < -0.3 is 10.0 Å². The van der Waals surface area contributed by atoms with Gasteiger partial charge in [0.05, 0.1) is 11.7 Å². The summed E-state index contributed by atoms with van der Waals surface area (Å²) >= 11 is 0. The number of rotatable bonds is 1. The van der Waals surface area contributed by atoms with E-state index in [1.807, 2.05) is 0 Å². The number of nitrogens with zero attached hydrogens (tertiary/aromatic N) is 2. The molecule has 1 aromatic rings. The van der Waals surface area contributed by atoms with Gasteiger partial charge in [0, 0.05) is 19.3 Å². The summed E-state index contributed by atoms with van der Waals surface area (Å²) in [6.07, 6.45) is 2.07. The number of halogens is 1. The second-order valence-corrected chi connectivity index (χ2v) is 3.87. The molecule has 1 fully saturated rings. The summed E-state index contributed by atoms with van der Waals surface area (Å²) < 4.78 is 13.3. The highest BCUT2D eigenvalue weighted by Gasteiger charge is 2.24. The minimum absolute atomic E-state index is 0.00103. The van der Waals surface area contributed by atoms with Gasteiger partial charge in [-0.05, 0) is 25.0 Å². The Morgan fingerprint density at radius 1 is 1.50 bits per heavy atom. The molecule has 0 spiro atoms. The van der Waals surface area contributed by atoms with Gasteiger partial charge in [-0.15, -0.1) is 0 Å². The predicted octanol–water partition coefficient (Wildman–Crippen LogP) is 0.818. The Balaban J connectivity index is 2.11. The fourth-order valence-electron chi connectivity index (χ4n) is 1.78. The molecule has 1 aliphatic rings. The molecule has 5 heteroatoms. The first-order valence-electron chi connectivity index (χ1n) is 5.26. The van der Waals surface area contributed by atoms with Crippen molar-refractivity contribution in [2.45, 2.75) is 18.9 Å². The fourth-order valence-corrected chi connectivity index (χ4v) is 1.78. The van der Waals surface area contributed by atoms with Crippen molar-refractivity contribution in [1.82, 2.24) is 9.88 Å². The Bertz CT molecular complexity index is 389. The summed E-state index contributed by atoms with van der Waals surface area (Å²) in [4.78, 5) is 16.9. The number of likely N-dealkylation sites (tertiary alicyclic amines) is 1. The number of aromatic nitrogens is 1. The molecule has 0 aromatic carbocycles. The SMILES string of the molecule is O=C(c1cccnc1F)N1CCC(O)CC1. The number of pyridine rings is 1. The van der Waals surface area contributed by atoms with E-state index in [4.69, 9.17) is 0 Å². The van der Waals surface area contributed by atoms with Gasteiger partial charge in [0.2, 0.25) is 5.95 Å². The first-order chi connectivity index (χ1) is 7.68. The van der Waals surface area contributed by atoms with E-state index in [2.05, 4.69) is 4.98 Å². The summed E-state index contributed by atoms with van der Waals surface area (Å²) in [6, 6.07) is 2.96. The van der Waals surface area contributed by atoms with Crippen molar-refractivity contribution in [3.8, 4) is 0 Å². The number of carbonyl (C=O) groups excluding carboxylic acids is 1. The van der Waals surface area contributed by atoms with E-state index in [0.717, 1.165) is 0 Å². The Morgan fingerprint density at radius 3 is 2.81 bits per heavy atom. The average molecular weight is 224 g/mol. The van der Waals surface area contributed by atoms with Crippen LogP contribution in [0.1, 0.15) is 23.2 Å². The fraction of sp³-hybridized carbons (Fsp3) is 0.455. The van der Waals surface area contributed by atoms with Crippen molar-refractivity contribution < 1.29 is 14.3 Å². The number of aliphatic hydroxyl groups excluding tert-OH is 1. The Morgan fingerprint density at radius 2 is 2.19 bits per heavy atom. The van der Waals surface area contributed by atoms with Crippen LogP contribution in [0.15, 0.2) is 18.3 Å². The molecule has 2 heterocycles. The first kappa shape index (κ1) is 11.0. The molecule has 0 radical (unpaired) electrons. The monoisotopic (exact) mass is 224 g/mol. The topological polar surface area (TPSA) is 53.4 Å². The summed E-state index contributed by atoms with van der Waals surface area (Å²) in [5.41, 5.74) is -0.00103. The highest BCUT2D eigenvalue weighted by Crippen LogP contribution is 2.14. The normalized spacial score (nSPS) is 17.5. The van der Waals surface area contributed by atoms with Crippen LogP contribution in [0.2, 0.25) is 0 Å². The molecule has 0 atom stereocenters. The van der Waals surface area contributed by atoms with E-state index in [0.29, 0.717) is 25.9 Å². The maximum atomic E-state index is 13.3. The molecule has 0 saturated carbocycles. The molecule has 0 unspecified atom stereocenters. The molecule has 86 valence electrons. The quantitative estimate of drug-likeness (QED) is 0.718. The first-order valence-corrected chi connectivity index (χ1v) is 5.26. The van der Waals surface area contributed by atoms with E-state index < -0.39 is 5.95 Å². The summed E-state index contributed by atoms with van der Waals surface area (Å²) in [5.74, 6) is -1.09. The molecule has 1 amide bonds. The van der Waals surface area contributed by atoms with Gasteiger partial charge in [-0.1, -0.05) is 0 Å². The van der Waals surface area contributed by atoms with Crippen molar-refractivity contribution in [1.29, 1.82) is 0 Å². The van der Waals surface area contributed by atoms with E-state index in [1.165, 1.54) is 18.3 Å². The summed E-state index contributed by atoms with van der Waals surface area (Å²) in [7, 11) is 0. The van der Waals surface area contributed by atoms with E-state index in [-0.39, 0.29) is 17.6 Å². The number of hydrogen-bond acceptors (Lipinski definition) is 3. The average Bonchev–Trinajstić information content (AvgIpc) is 2.30. The number of aliphatic hydroxyl groups is 1. The van der Waals surface area contributed by atoms with Gasteiger partial charge in [0.15, 0.2) is 0 Å². The summed E-state index contributed by atoms with van der Waals surface area (Å²) in [6.45, 7) is 0.933. The molecule has 1 N–H and O–H groups in total. The molecule has 1 saturated heterocycles. The van der Waals surface area contributed by atoms with Crippen LogP contribution in [0.3, 0.4) is 0 Å². The molecule has 1 aliphatic heterocycles. The van der Waals surface area contributed by atoms with Gasteiger partial charge in [-0.25, -0.2) is 4.98 Å². The maximum absolute atomic E-state index is 13.3. The van der Waals surface area contributed by atoms with Crippen LogP contribution in [0, 0.1) is 5.95 Å². The molecule has 4 nitrogen and oxygen atoms in total. The van der Waals surface area contributed by atoms with Crippen LogP contribution in [-0.4, -0.2) is 40.1 Å². The molecule has 16 heavy (non-hydrogen) atoms. The highest BCUT2D eigenvalue weighted by molar-refractivity contribution is 5.94. The van der Waals surface area contributed by atoms with Crippen molar-refractivity contribution in [2.24, 2.45) is 0 Å². The van der Waals surface area contributed by atoms with Gasteiger partial charge in [0.25, 0.3) is 5.91 Å². The number of amides is 1. The largest absolute Gasteiger partial charge is 0.393 e. The lowest BCUT2D eigenvalue weighted by molar-refractivity contribution is 0.0542. The van der Waals surface area contributed by atoms with Crippen LogP contribution in [-0.2, 0) is 0 Å². The third-order valence-electron chi connectivity index (χ3n) is 2.74. The minimum atomic E-state index is -0.737. The second-order valence-electron chi connectivity index (χ2n) is 3.87. The number of carbonyl (C=O) groups is 1. The van der Waals surface area contributed by atoms with Gasteiger partial charge in [0.1, 0.15) is 0 Å². The lowest BCUT2D eigenvalue weighted by atomic mass is 10.1. The zero-order chi connectivity index (χ0) is 11.5. The van der Waals surface area contributed by atoms with Crippen molar-refractivity contribution >= 4 is 5.91 Å². The van der Waals surface area contributed by atoms with Crippen LogP contribution in [0.5, 0.6) is 0 Å². The Labute approximate surface area is 92.7 Å². The zero-order valence-corrected chi connectivity index (χ0v) is 8.77. The number of piperidine rings is 1. The number of hydrogen-bond donors (Lipinski definition) is 1. The van der Waals surface area contributed by atoms with Crippen molar-refractivity contribution in [3.63, 3.8) is 0 Å². The van der Waals surface area contributed by atoms with Crippen LogP contribution in [0.25, 0.3) is 0 Å². The third kappa shape index (κ3) is 2.19. The smallest absolute Gasteiger partial charge is 0.258 e. The van der Waals surface area contributed by atoms with Crippen molar-refractivity contribution in [2.75, 3.05) is 13.1 Å². The van der Waals surface area contributed by atoms with Gasteiger partial charge >= 0.3 is 0 Å². The molecule has 0 aliphatic carbocycles. The lowest BCUT2D eigenvalue weighted by Crippen LogP contribution is -2.40. The third-order valence-corrected chi connectivity index (χ3v) is 2.74. The molecule has 0 bridgehead atoms. The molecular weight excluding hydrogens is 211 g/mol. The molecular formula is C11H13FN2O2. The second kappa shape index (κ2) is 4.57. The van der Waals surface area contributed by atoms with Gasteiger partial charge in [-0.3, -0.25) is 4.79 Å². The predicted molar refractivity (Wildman–Crippen MR) is 55.3 cm³/mol. The van der Waals surface area contributed by atoms with Crippen LogP contribution in [0.4, 0.5) is 4.39 Å². The Hall–Kier alpha value is -1.49. The standard InChI is InChI=1S/C11H13FN2O2/c12-10-9(2-1-5-13-10)11(16)14-6-3-8(15)4-7-14/h1-2,5,8,15H,3-4,6-7H2. The molecule has 2 rings (SSSR count). The lowest BCUT2D eigenvalue weighted by Gasteiger charge is -2.29. The maximum Gasteiger partial charge on any atom is 0.258 e. The highest BCUT2D eigenvalue weighted by atomic mass is 19.1. The Kier molecular flexibility index (Phi) is 3.14. The van der Waals surface area contributed by atoms with Crippen LogP contribution < -0.4 is 0 Å². The minimum Gasteiger partial charge on any atom is -0.393 e. The van der Waals surface area contributed by atoms with E-state index >= 15 is 0 Å². The van der Waals surface area contributed by atoms with Crippen molar-refractivity contribution in [3.05, 3.63) is 29.8 Å². The van der Waals surface area contributed by atoms with Crippen LogP contribution >= 0.6 is 0 Å².